The van der Waals surface area contributed by atoms with E-state index in [0.29, 0.717) is 21.3 Å². The van der Waals surface area contributed by atoms with Gasteiger partial charge in [0.2, 0.25) is 0 Å². The van der Waals surface area contributed by atoms with Gasteiger partial charge in [-0.3, -0.25) is 0 Å². The van der Waals surface area contributed by atoms with E-state index in [-0.39, 0.29) is 6.54 Å². The average Bonchev–Trinajstić information content (AvgIpc) is 2.55. The topological polar surface area (TPSA) is 69.6 Å². The zero-order valence-corrected chi connectivity index (χ0v) is 14.4. The van der Waals surface area contributed by atoms with Crippen LogP contribution in [-0.2, 0) is 11.3 Å². The number of nitrogens with one attached hydrogen (secondary N) is 1. The summed E-state index contributed by atoms with van der Waals surface area (Å²) >= 11 is 11.9. The Bertz CT molecular complexity index is 735. The maximum Gasteiger partial charge on any atom is 0.326 e. The first-order chi connectivity index (χ1) is 11.4. The largest absolute Gasteiger partial charge is 0.480 e. The summed E-state index contributed by atoms with van der Waals surface area (Å²) in [6.07, 6.45) is 0. The van der Waals surface area contributed by atoms with Crippen molar-refractivity contribution in [2.75, 3.05) is 5.32 Å². The summed E-state index contributed by atoms with van der Waals surface area (Å²) in [7, 11) is 0. The molecule has 5 nitrogen and oxygen atoms in total. The first-order valence-electron chi connectivity index (χ1n) is 7.18. The van der Waals surface area contributed by atoms with Crippen LogP contribution in [0.5, 0.6) is 0 Å². The maximum absolute atomic E-state index is 12.5. The Hall–Kier alpha value is -2.24. The Labute approximate surface area is 149 Å². The predicted octanol–water partition coefficient (Wildman–Crippen LogP) is 4.50. The molecule has 0 aliphatic heterocycles. The maximum atomic E-state index is 12.5. The van der Waals surface area contributed by atoms with Crippen molar-refractivity contribution in [3.8, 4) is 0 Å². The second kappa shape index (κ2) is 8.04. The predicted molar refractivity (Wildman–Crippen MR) is 94.6 cm³/mol. The molecular weight excluding hydrogens is 351 g/mol. The number of carbonyl (C=O) groups is 2. The van der Waals surface area contributed by atoms with Crippen LogP contribution in [-0.4, -0.2) is 28.0 Å². The standard InChI is InChI=1S/C17H16Cl2N2O3/c1-11(16(22)23)21(10-12-4-2-3-5-15(12)19)17(24)20-14-8-6-13(18)7-9-14/h2-9,11H,10H2,1H3,(H,20,24)(H,22,23). The highest BCUT2D eigenvalue weighted by atomic mass is 35.5. The zero-order valence-electron chi connectivity index (χ0n) is 12.9. The fourth-order valence-electron chi connectivity index (χ4n) is 2.06. The van der Waals surface area contributed by atoms with Crippen LogP contribution in [0.2, 0.25) is 10.0 Å². The van der Waals surface area contributed by atoms with E-state index in [1.807, 2.05) is 0 Å². The Morgan fingerprint density at radius 1 is 1.12 bits per heavy atom. The van der Waals surface area contributed by atoms with Gasteiger partial charge >= 0.3 is 12.0 Å². The lowest BCUT2D eigenvalue weighted by Crippen LogP contribution is -2.45. The molecule has 0 radical (unpaired) electrons. The van der Waals surface area contributed by atoms with Gasteiger partial charge in [-0.1, -0.05) is 41.4 Å². The first-order valence-corrected chi connectivity index (χ1v) is 7.93. The molecule has 126 valence electrons. The molecule has 2 N–H and O–H groups in total. The van der Waals surface area contributed by atoms with Crippen LogP contribution in [0.4, 0.5) is 10.5 Å². The van der Waals surface area contributed by atoms with Crippen molar-refractivity contribution in [2.45, 2.75) is 19.5 Å². The monoisotopic (exact) mass is 366 g/mol. The number of carbonyl (C=O) groups excluding carboxylic acids is 1. The molecule has 0 heterocycles. The molecule has 0 saturated heterocycles. The molecule has 7 heteroatoms. The van der Waals surface area contributed by atoms with Gasteiger partial charge in [-0.2, -0.15) is 0 Å². The summed E-state index contributed by atoms with van der Waals surface area (Å²) in [5.41, 5.74) is 1.18. The van der Waals surface area contributed by atoms with Gasteiger partial charge in [0.25, 0.3) is 0 Å². The zero-order chi connectivity index (χ0) is 17.7. The molecule has 0 aliphatic rings. The third-order valence-corrected chi connectivity index (χ3v) is 4.10. The minimum absolute atomic E-state index is 0.0760. The number of hydrogen-bond donors (Lipinski definition) is 2. The number of urea groups is 1. The summed E-state index contributed by atoms with van der Waals surface area (Å²) in [6.45, 7) is 1.52. The molecule has 0 aliphatic carbocycles. The fraction of sp³-hybridized carbons (Fsp3) is 0.176. The number of nitrogens with zero attached hydrogens (tertiary/aromatic N) is 1. The number of anilines is 1. The first kappa shape index (κ1) is 18.1. The number of benzene rings is 2. The fourth-order valence-corrected chi connectivity index (χ4v) is 2.38. The van der Waals surface area contributed by atoms with Crippen LogP contribution < -0.4 is 5.32 Å². The van der Waals surface area contributed by atoms with Gasteiger partial charge in [0.15, 0.2) is 0 Å². The number of halogens is 2. The third kappa shape index (κ3) is 4.63. The minimum Gasteiger partial charge on any atom is -0.480 e. The summed E-state index contributed by atoms with van der Waals surface area (Å²) in [5.74, 6) is -1.10. The highest BCUT2D eigenvalue weighted by Crippen LogP contribution is 2.20. The second-order valence-corrected chi connectivity index (χ2v) is 6.01. The van der Waals surface area contributed by atoms with Gasteiger partial charge in [-0.25, -0.2) is 9.59 Å². The van der Waals surface area contributed by atoms with Crippen molar-refractivity contribution in [3.05, 3.63) is 64.1 Å². The number of carboxylic acid groups (broad SMARTS) is 1. The molecule has 0 aromatic heterocycles. The van der Waals surface area contributed by atoms with Gasteiger partial charge in [-0.05, 0) is 42.8 Å². The molecule has 2 amide bonds. The third-order valence-electron chi connectivity index (χ3n) is 3.48. The van der Waals surface area contributed by atoms with E-state index in [9.17, 15) is 14.7 Å². The van der Waals surface area contributed by atoms with Crippen molar-refractivity contribution >= 4 is 40.9 Å². The lowest BCUT2D eigenvalue weighted by Gasteiger charge is -2.27. The molecule has 2 rings (SSSR count). The van der Waals surface area contributed by atoms with Gasteiger partial charge in [0, 0.05) is 22.3 Å². The van der Waals surface area contributed by atoms with Crippen LogP contribution >= 0.6 is 23.2 Å². The quantitative estimate of drug-likeness (QED) is 0.818. The molecule has 1 unspecified atom stereocenters. The van der Waals surface area contributed by atoms with Crippen molar-refractivity contribution < 1.29 is 14.7 Å². The summed E-state index contributed by atoms with van der Waals surface area (Å²) in [5, 5.41) is 13.0. The average molecular weight is 367 g/mol. The van der Waals surface area contributed by atoms with Crippen LogP contribution in [0.15, 0.2) is 48.5 Å². The molecule has 2 aromatic rings. The molecule has 0 spiro atoms. The molecular formula is C17H16Cl2N2O3. The lowest BCUT2D eigenvalue weighted by molar-refractivity contribution is -0.141. The molecule has 24 heavy (non-hydrogen) atoms. The second-order valence-electron chi connectivity index (χ2n) is 5.17. The number of aliphatic carboxylic acids is 1. The number of amides is 2. The van der Waals surface area contributed by atoms with E-state index in [0.717, 1.165) is 0 Å². The van der Waals surface area contributed by atoms with E-state index in [4.69, 9.17) is 23.2 Å². The number of carboxylic acids is 1. The van der Waals surface area contributed by atoms with Crippen LogP contribution in [0.25, 0.3) is 0 Å². The molecule has 2 aromatic carbocycles. The SMILES string of the molecule is CC(C(=O)O)N(Cc1ccccc1Cl)C(=O)Nc1ccc(Cl)cc1. The van der Waals surface area contributed by atoms with Crippen molar-refractivity contribution in [3.63, 3.8) is 0 Å². The van der Waals surface area contributed by atoms with E-state index >= 15 is 0 Å². The summed E-state index contributed by atoms with van der Waals surface area (Å²) in [4.78, 5) is 25.1. The van der Waals surface area contributed by atoms with E-state index in [2.05, 4.69) is 5.32 Å². The van der Waals surface area contributed by atoms with Gasteiger partial charge in [0.05, 0.1) is 0 Å². The van der Waals surface area contributed by atoms with Gasteiger partial charge < -0.3 is 15.3 Å². The van der Waals surface area contributed by atoms with E-state index < -0.39 is 18.0 Å². The summed E-state index contributed by atoms with van der Waals surface area (Å²) in [6, 6.07) is 12.0. The number of hydrogen-bond acceptors (Lipinski definition) is 2. The summed E-state index contributed by atoms with van der Waals surface area (Å²) < 4.78 is 0. The highest BCUT2D eigenvalue weighted by molar-refractivity contribution is 6.31. The Morgan fingerprint density at radius 2 is 1.75 bits per heavy atom. The van der Waals surface area contributed by atoms with Crippen molar-refractivity contribution in [1.29, 1.82) is 0 Å². The molecule has 0 fully saturated rings. The smallest absolute Gasteiger partial charge is 0.326 e. The van der Waals surface area contributed by atoms with E-state index in [1.165, 1.54) is 11.8 Å². The van der Waals surface area contributed by atoms with Gasteiger partial charge in [-0.15, -0.1) is 0 Å². The van der Waals surface area contributed by atoms with Crippen LogP contribution in [0, 0.1) is 0 Å². The minimum atomic E-state index is -1.10. The number of rotatable bonds is 5. The Balaban J connectivity index is 2.22. The highest BCUT2D eigenvalue weighted by Gasteiger charge is 2.26. The van der Waals surface area contributed by atoms with Crippen LogP contribution in [0.1, 0.15) is 12.5 Å². The Kier molecular flexibility index (Phi) is 6.06. The lowest BCUT2D eigenvalue weighted by atomic mass is 10.2. The van der Waals surface area contributed by atoms with Crippen LogP contribution in [0.3, 0.4) is 0 Å². The molecule has 0 bridgehead atoms. The van der Waals surface area contributed by atoms with E-state index in [1.54, 1.807) is 48.5 Å². The molecule has 1 atom stereocenters. The van der Waals surface area contributed by atoms with Gasteiger partial charge in [0.1, 0.15) is 6.04 Å². The Morgan fingerprint density at radius 3 is 2.33 bits per heavy atom. The normalized spacial score (nSPS) is 11.6. The molecule has 0 saturated carbocycles. The van der Waals surface area contributed by atoms with Crippen molar-refractivity contribution in [1.82, 2.24) is 4.90 Å². The van der Waals surface area contributed by atoms with Crippen molar-refractivity contribution in [2.24, 2.45) is 0 Å².